The molecule has 1 amide bonds. The fourth-order valence-electron chi connectivity index (χ4n) is 1.92. The number of nitrogens with one attached hydrogen (secondary N) is 1. The molecule has 0 heterocycles. The molecule has 0 aromatic heterocycles. The summed E-state index contributed by atoms with van der Waals surface area (Å²) in [6, 6.07) is 0.114. The van der Waals surface area contributed by atoms with E-state index in [9.17, 15) is 9.59 Å². The Bertz CT molecular complexity index is 227. The second kappa shape index (κ2) is 4.98. The van der Waals surface area contributed by atoms with Gasteiger partial charge in [0.1, 0.15) is 5.78 Å². The molecule has 80 valence electrons. The van der Waals surface area contributed by atoms with Crippen LogP contribution in [0.1, 0.15) is 32.6 Å². The zero-order chi connectivity index (χ0) is 10.6. The molecular formula is C10H17NO3. The second-order valence-corrected chi connectivity index (χ2v) is 3.66. The fourth-order valence-corrected chi connectivity index (χ4v) is 1.92. The van der Waals surface area contributed by atoms with Gasteiger partial charge in [0, 0.05) is 18.4 Å². The maximum Gasteiger partial charge on any atom is 0.407 e. The standard InChI is InChI=1S/C10H17NO3/c1-3-9(12)7-4-5-8(6-7)11-10(13)14-2/h7-8H,3-6H2,1-2H3,(H,11,13)/t7-,8?/m0/s1. The molecule has 0 bridgehead atoms. The van der Waals surface area contributed by atoms with Gasteiger partial charge in [-0.2, -0.15) is 0 Å². The first-order chi connectivity index (χ1) is 6.67. The van der Waals surface area contributed by atoms with Crippen molar-refractivity contribution >= 4 is 11.9 Å². The number of amides is 1. The molecule has 2 atom stereocenters. The van der Waals surface area contributed by atoms with E-state index < -0.39 is 6.09 Å². The number of rotatable bonds is 3. The third kappa shape index (κ3) is 2.72. The third-order valence-electron chi connectivity index (χ3n) is 2.74. The number of carbonyl (C=O) groups is 2. The van der Waals surface area contributed by atoms with Crippen molar-refractivity contribution < 1.29 is 14.3 Å². The molecule has 1 aliphatic rings. The van der Waals surface area contributed by atoms with E-state index in [0.29, 0.717) is 12.2 Å². The van der Waals surface area contributed by atoms with E-state index in [-0.39, 0.29) is 12.0 Å². The van der Waals surface area contributed by atoms with E-state index >= 15 is 0 Å². The summed E-state index contributed by atoms with van der Waals surface area (Å²) in [6.45, 7) is 1.88. The maximum atomic E-state index is 11.4. The average Bonchev–Trinajstić information content (AvgIpc) is 2.65. The van der Waals surface area contributed by atoms with Crippen LogP contribution in [0.3, 0.4) is 0 Å². The molecule has 4 nitrogen and oxygen atoms in total. The van der Waals surface area contributed by atoms with Crippen molar-refractivity contribution in [2.45, 2.75) is 38.6 Å². The lowest BCUT2D eigenvalue weighted by Gasteiger charge is -2.11. The molecule has 0 radical (unpaired) electrons. The molecule has 14 heavy (non-hydrogen) atoms. The Morgan fingerprint density at radius 3 is 2.71 bits per heavy atom. The molecular weight excluding hydrogens is 182 g/mol. The molecule has 1 unspecified atom stereocenters. The summed E-state index contributed by atoms with van der Waals surface area (Å²) < 4.78 is 4.50. The molecule has 0 aliphatic heterocycles. The minimum Gasteiger partial charge on any atom is -0.453 e. The van der Waals surface area contributed by atoms with Crippen molar-refractivity contribution in [2.24, 2.45) is 5.92 Å². The van der Waals surface area contributed by atoms with Gasteiger partial charge in [0.25, 0.3) is 0 Å². The van der Waals surface area contributed by atoms with E-state index in [4.69, 9.17) is 0 Å². The zero-order valence-corrected chi connectivity index (χ0v) is 8.71. The van der Waals surface area contributed by atoms with Gasteiger partial charge in [0.2, 0.25) is 0 Å². The summed E-state index contributed by atoms with van der Waals surface area (Å²) in [5.41, 5.74) is 0. The van der Waals surface area contributed by atoms with Crippen molar-refractivity contribution in [1.29, 1.82) is 0 Å². The Morgan fingerprint density at radius 2 is 2.14 bits per heavy atom. The second-order valence-electron chi connectivity index (χ2n) is 3.66. The average molecular weight is 199 g/mol. The van der Waals surface area contributed by atoms with Crippen molar-refractivity contribution in [3.63, 3.8) is 0 Å². The molecule has 1 fully saturated rings. The Kier molecular flexibility index (Phi) is 3.92. The number of ketones is 1. The summed E-state index contributed by atoms with van der Waals surface area (Å²) in [4.78, 5) is 22.3. The van der Waals surface area contributed by atoms with Gasteiger partial charge in [-0.05, 0) is 19.3 Å². The van der Waals surface area contributed by atoms with E-state index in [0.717, 1.165) is 19.3 Å². The van der Waals surface area contributed by atoms with Gasteiger partial charge in [-0.1, -0.05) is 6.92 Å². The normalized spacial score (nSPS) is 25.9. The Morgan fingerprint density at radius 1 is 1.43 bits per heavy atom. The SMILES string of the molecule is CCC(=O)[C@H]1CCC(NC(=O)OC)C1. The smallest absolute Gasteiger partial charge is 0.407 e. The highest BCUT2D eigenvalue weighted by Crippen LogP contribution is 2.27. The fraction of sp³-hybridized carbons (Fsp3) is 0.800. The lowest BCUT2D eigenvalue weighted by Crippen LogP contribution is -2.33. The molecule has 4 heteroatoms. The summed E-state index contributed by atoms with van der Waals surface area (Å²) in [6.07, 6.45) is 2.73. The van der Waals surface area contributed by atoms with E-state index in [2.05, 4.69) is 10.1 Å². The Balaban J connectivity index is 2.34. The van der Waals surface area contributed by atoms with Crippen LogP contribution in [-0.4, -0.2) is 25.0 Å². The molecule has 0 spiro atoms. The largest absolute Gasteiger partial charge is 0.453 e. The van der Waals surface area contributed by atoms with E-state index in [1.165, 1.54) is 7.11 Å². The van der Waals surface area contributed by atoms with Crippen LogP contribution in [0.25, 0.3) is 0 Å². The monoisotopic (exact) mass is 199 g/mol. The molecule has 1 N–H and O–H groups in total. The van der Waals surface area contributed by atoms with Gasteiger partial charge in [0.05, 0.1) is 7.11 Å². The predicted molar refractivity (Wildman–Crippen MR) is 52.0 cm³/mol. The molecule has 1 saturated carbocycles. The first kappa shape index (κ1) is 11.0. The number of hydrogen-bond donors (Lipinski definition) is 1. The Hall–Kier alpha value is -1.06. The van der Waals surface area contributed by atoms with Crippen LogP contribution >= 0.6 is 0 Å². The summed E-state index contributed by atoms with van der Waals surface area (Å²) in [5.74, 6) is 0.446. The van der Waals surface area contributed by atoms with Crippen LogP contribution in [0.4, 0.5) is 4.79 Å². The van der Waals surface area contributed by atoms with Gasteiger partial charge in [-0.15, -0.1) is 0 Å². The van der Waals surface area contributed by atoms with Crippen LogP contribution in [0.15, 0.2) is 0 Å². The number of ether oxygens (including phenoxy) is 1. The van der Waals surface area contributed by atoms with Crippen LogP contribution in [0, 0.1) is 5.92 Å². The number of Topliss-reactive ketones (excluding diaryl/α,β-unsaturated/α-hetero) is 1. The van der Waals surface area contributed by atoms with Gasteiger partial charge in [-0.25, -0.2) is 4.79 Å². The quantitative estimate of drug-likeness (QED) is 0.749. The van der Waals surface area contributed by atoms with Gasteiger partial charge < -0.3 is 10.1 Å². The van der Waals surface area contributed by atoms with Crippen molar-refractivity contribution in [2.75, 3.05) is 7.11 Å². The summed E-state index contributed by atoms with van der Waals surface area (Å²) in [7, 11) is 1.35. The highest BCUT2D eigenvalue weighted by atomic mass is 16.5. The molecule has 1 rings (SSSR count). The minimum atomic E-state index is -0.403. The minimum absolute atomic E-state index is 0.114. The first-order valence-electron chi connectivity index (χ1n) is 5.04. The topological polar surface area (TPSA) is 55.4 Å². The highest BCUT2D eigenvalue weighted by Gasteiger charge is 2.29. The van der Waals surface area contributed by atoms with Crippen molar-refractivity contribution in [3.05, 3.63) is 0 Å². The van der Waals surface area contributed by atoms with Crippen LogP contribution in [-0.2, 0) is 9.53 Å². The molecule has 0 aromatic rings. The lowest BCUT2D eigenvalue weighted by molar-refractivity contribution is -0.122. The first-order valence-corrected chi connectivity index (χ1v) is 5.04. The van der Waals surface area contributed by atoms with E-state index in [1.807, 2.05) is 6.92 Å². The van der Waals surface area contributed by atoms with E-state index in [1.54, 1.807) is 0 Å². The van der Waals surface area contributed by atoms with Crippen LogP contribution in [0.5, 0.6) is 0 Å². The highest BCUT2D eigenvalue weighted by molar-refractivity contribution is 5.81. The lowest BCUT2D eigenvalue weighted by atomic mass is 10.0. The Labute approximate surface area is 84.0 Å². The van der Waals surface area contributed by atoms with Crippen molar-refractivity contribution in [1.82, 2.24) is 5.32 Å². The molecule has 0 saturated heterocycles. The molecule has 1 aliphatic carbocycles. The molecule has 0 aromatic carbocycles. The number of carbonyl (C=O) groups excluding carboxylic acids is 2. The van der Waals surface area contributed by atoms with Crippen LogP contribution < -0.4 is 5.32 Å². The van der Waals surface area contributed by atoms with Gasteiger partial charge in [0.15, 0.2) is 0 Å². The number of methoxy groups -OCH3 is 1. The van der Waals surface area contributed by atoms with Gasteiger partial charge >= 0.3 is 6.09 Å². The number of hydrogen-bond acceptors (Lipinski definition) is 3. The maximum absolute atomic E-state index is 11.4. The third-order valence-corrected chi connectivity index (χ3v) is 2.74. The van der Waals surface area contributed by atoms with Crippen molar-refractivity contribution in [3.8, 4) is 0 Å². The predicted octanol–water partition coefficient (Wildman–Crippen LogP) is 1.49. The van der Waals surface area contributed by atoms with Gasteiger partial charge in [-0.3, -0.25) is 4.79 Å². The zero-order valence-electron chi connectivity index (χ0n) is 8.71. The summed E-state index contributed by atoms with van der Waals surface area (Å²) in [5, 5.41) is 2.72. The summed E-state index contributed by atoms with van der Waals surface area (Å²) >= 11 is 0. The van der Waals surface area contributed by atoms with Crippen LogP contribution in [0.2, 0.25) is 0 Å². The number of alkyl carbamates (subject to hydrolysis) is 1.